The number of carboxylic acids is 1. The Morgan fingerprint density at radius 1 is 1.57 bits per heavy atom. The number of ketones is 2. The van der Waals surface area contributed by atoms with Gasteiger partial charge in [0.1, 0.15) is 0 Å². The molecule has 76 valence electrons. The SMILES string of the molecule is COC1=CCCC(C(=O)C(=O)O)C1=O. The first kappa shape index (κ1) is 10.4. The molecule has 0 saturated heterocycles. The molecule has 0 saturated carbocycles. The van der Waals surface area contributed by atoms with Crippen LogP contribution in [-0.4, -0.2) is 29.8 Å². The van der Waals surface area contributed by atoms with Gasteiger partial charge >= 0.3 is 5.97 Å². The van der Waals surface area contributed by atoms with Gasteiger partial charge in [-0.3, -0.25) is 9.59 Å². The molecule has 0 fully saturated rings. The van der Waals surface area contributed by atoms with Crippen LogP contribution in [0.2, 0.25) is 0 Å². The van der Waals surface area contributed by atoms with Crippen LogP contribution in [0.15, 0.2) is 11.8 Å². The molecule has 1 unspecified atom stereocenters. The molecule has 5 nitrogen and oxygen atoms in total. The standard InChI is InChI=1S/C9H10O5/c1-14-6-4-2-3-5(7(6)10)8(11)9(12)13/h4-5H,2-3H2,1H3,(H,12,13). The molecule has 1 rings (SSSR count). The number of carboxylic acid groups (broad SMARTS) is 1. The highest BCUT2D eigenvalue weighted by Gasteiger charge is 2.35. The fourth-order valence-corrected chi connectivity index (χ4v) is 1.37. The Morgan fingerprint density at radius 3 is 2.71 bits per heavy atom. The monoisotopic (exact) mass is 198 g/mol. The second kappa shape index (κ2) is 4.04. The van der Waals surface area contributed by atoms with Crippen molar-refractivity contribution < 1.29 is 24.2 Å². The quantitative estimate of drug-likeness (QED) is 0.515. The fraction of sp³-hybridized carbons (Fsp3) is 0.444. The number of rotatable bonds is 3. The Kier molecular flexibility index (Phi) is 3.01. The first-order valence-corrected chi connectivity index (χ1v) is 4.13. The number of allylic oxidation sites excluding steroid dienone is 2. The summed E-state index contributed by atoms with van der Waals surface area (Å²) in [5.41, 5.74) is 0. The van der Waals surface area contributed by atoms with Crippen LogP contribution in [0.4, 0.5) is 0 Å². The fourth-order valence-electron chi connectivity index (χ4n) is 1.37. The Morgan fingerprint density at radius 2 is 2.21 bits per heavy atom. The summed E-state index contributed by atoms with van der Waals surface area (Å²) in [6, 6.07) is 0. The van der Waals surface area contributed by atoms with Crippen molar-refractivity contribution >= 4 is 17.5 Å². The highest BCUT2D eigenvalue weighted by molar-refractivity contribution is 6.38. The van der Waals surface area contributed by atoms with E-state index in [1.54, 1.807) is 6.08 Å². The third-order valence-corrected chi connectivity index (χ3v) is 2.09. The molecular weight excluding hydrogens is 188 g/mol. The predicted octanol–water partition coefficient (Wildman–Crippen LogP) is 0.149. The van der Waals surface area contributed by atoms with Gasteiger partial charge in [0.2, 0.25) is 5.78 Å². The van der Waals surface area contributed by atoms with Crippen molar-refractivity contribution in [3.8, 4) is 0 Å². The van der Waals surface area contributed by atoms with E-state index in [1.807, 2.05) is 0 Å². The topological polar surface area (TPSA) is 80.7 Å². The zero-order valence-electron chi connectivity index (χ0n) is 7.65. The van der Waals surface area contributed by atoms with Gasteiger partial charge in [-0.25, -0.2) is 4.79 Å². The Hall–Kier alpha value is -1.65. The molecule has 1 N–H and O–H groups in total. The van der Waals surface area contributed by atoms with Crippen LogP contribution < -0.4 is 0 Å². The molecule has 0 aliphatic heterocycles. The van der Waals surface area contributed by atoms with Gasteiger partial charge in [0.15, 0.2) is 5.76 Å². The van der Waals surface area contributed by atoms with Gasteiger partial charge in [0, 0.05) is 0 Å². The minimum Gasteiger partial charge on any atom is -0.493 e. The number of carbonyl (C=O) groups is 3. The summed E-state index contributed by atoms with van der Waals surface area (Å²) in [4.78, 5) is 32.9. The van der Waals surface area contributed by atoms with E-state index in [1.165, 1.54) is 7.11 Å². The second-order valence-electron chi connectivity index (χ2n) is 2.94. The number of hydrogen-bond acceptors (Lipinski definition) is 4. The van der Waals surface area contributed by atoms with Gasteiger partial charge < -0.3 is 9.84 Å². The van der Waals surface area contributed by atoms with Crippen molar-refractivity contribution in [3.63, 3.8) is 0 Å². The van der Waals surface area contributed by atoms with Gasteiger partial charge in [0.05, 0.1) is 13.0 Å². The van der Waals surface area contributed by atoms with Crippen LogP contribution in [0.5, 0.6) is 0 Å². The third-order valence-electron chi connectivity index (χ3n) is 2.09. The van der Waals surface area contributed by atoms with E-state index in [2.05, 4.69) is 0 Å². The molecule has 0 radical (unpaired) electrons. The van der Waals surface area contributed by atoms with Gasteiger partial charge in [-0.15, -0.1) is 0 Å². The summed E-state index contributed by atoms with van der Waals surface area (Å²) in [6.07, 6.45) is 2.30. The van der Waals surface area contributed by atoms with E-state index in [0.29, 0.717) is 6.42 Å². The Labute approximate surface area is 80.4 Å². The maximum absolute atomic E-state index is 11.4. The van der Waals surface area contributed by atoms with Crippen LogP contribution in [0.3, 0.4) is 0 Å². The smallest absolute Gasteiger partial charge is 0.372 e. The van der Waals surface area contributed by atoms with Gasteiger partial charge in [0.25, 0.3) is 5.78 Å². The summed E-state index contributed by atoms with van der Waals surface area (Å²) < 4.78 is 4.73. The van der Waals surface area contributed by atoms with Crippen LogP contribution in [-0.2, 0) is 19.1 Å². The summed E-state index contributed by atoms with van der Waals surface area (Å²) in [6.45, 7) is 0. The maximum Gasteiger partial charge on any atom is 0.372 e. The van der Waals surface area contributed by atoms with Crippen molar-refractivity contribution in [1.82, 2.24) is 0 Å². The second-order valence-corrected chi connectivity index (χ2v) is 2.94. The first-order chi connectivity index (χ1) is 6.57. The lowest BCUT2D eigenvalue weighted by atomic mass is 9.88. The van der Waals surface area contributed by atoms with Crippen LogP contribution in [0.1, 0.15) is 12.8 Å². The molecule has 5 heteroatoms. The molecule has 0 aromatic rings. The molecule has 0 amide bonds. The molecule has 1 aliphatic carbocycles. The molecule has 0 heterocycles. The number of hydrogen-bond donors (Lipinski definition) is 1. The number of methoxy groups -OCH3 is 1. The van der Waals surface area contributed by atoms with Crippen LogP contribution in [0.25, 0.3) is 0 Å². The van der Waals surface area contributed by atoms with Gasteiger partial charge in [-0.05, 0) is 18.9 Å². The largest absolute Gasteiger partial charge is 0.493 e. The molecule has 0 aromatic heterocycles. The van der Waals surface area contributed by atoms with Crippen molar-refractivity contribution in [3.05, 3.63) is 11.8 Å². The van der Waals surface area contributed by atoms with E-state index in [9.17, 15) is 14.4 Å². The number of carbonyl (C=O) groups excluding carboxylic acids is 2. The van der Waals surface area contributed by atoms with Crippen molar-refractivity contribution in [2.24, 2.45) is 5.92 Å². The normalized spacial score (nSPS) is 21.4. The number of ether oxygens (including phenoxy) is 1. The lowest BCUT2D eigenvalue weighted by molar-refractivity contribution is -0.153. The number of aliphatic carboxylic acids is 1. The van der Waals surface area contributed by atoms with E-state index in [4.69, 9.17) is 9.84 Å². The molecule has 0 aromatic carbocycles. The van der Waals surface area contributed by atoms with Gasteiger partial charge in [-0.1, -0.05) is 0 Å². The van der Waals surface area contributed by atoms with E-state index in [0.717, 1.165) is 0 Å². The highest BCUT2D eigenvalue weighted by Crippen LogP contribution is 2.21. The molecule has 0 bridgehead atoms. The Balaban J connectivity index is 2.85. The zero-order valence-corrected chi connectivity index (χ0v) is 7.65. The Bertz CT molecular complexity index is 315. The van der Waals surface area contributed by atoms with Crippen LogP contribution in [0, 0.1) is 5.92 Å². The lowest BCUT2D eigenvalue weighted by Crippen LogP contribution is -2.33. The molecule has 1 atom stereocenters. The lowest BCUT2D eigenvalue weighted by Gasteiger charge is -2.17. The molecule has 1 aliphatic rings. The van der Waals surface area contributed by atoms with E-state index >= 15 is 0 Å². The average Bonchev–Trinajstić information content (AvgIpc) is 2.17. The summed E-state index contributed by atoms with van der Waals surface area (Å²) in [7, 11) is 1.32. The van der Waals surface area contributed by atoms with E-state index < -0.39 is 23.5 Å². The molecule has 0 spiro atoms. The van der Waals surface area contributed by atoms with Crippen LogP contribution >= 0.6 is 0 Å². The van der Waals surface area contributed by atoms with Crippen molar-refractivity contribution in [2.45, 2.75) is 12.8 Å². The first-order valence-electron chi connectivity index (χ1n) is 4.13. The summed E-state index contributed by atoms with van der Waals surface area (Å²) in [5, 5.41) is 8.45. The molecular formula is C9H10O5. The third kappa shape index (κ3) is 1.81. The summed E-state index contributed by atoms with van der Waals surface area (Å²) in [5.74, 6) is -4.16. The van der Waals surface area contributed by atoms with Gasteiger partial charge in [-0.2, -0.15) is 0 Å². The summed E-state index contributed by atoms with van der Waals surface area (Å²) >= 11 is 0. The average molecular weight is 198 g/mol. The van der Waals surface area contributed by atoms with Crippen molar-refractivity contribution in [1.29, 1.82) is 0 Å². The highest BCUT2D eigenvalue weighted by atomic mass is 16.5. The zero-order chi connectivity index (χ0) is 10.7. The molecule has 14 heavy (non-hydrogen) atoms. The predicted molar refractivity (Wildman–Crippen MR) is 45.5 cm³/mol. The minimum atomic E-state index is -1.57. The maximum atomic E-state index is 11.4. The number of Topliss-reactive ketones (excluding diaryl/α,β-unsaturated/α-hetero) is 2. The van der Waals surface area contributed by atoms with E-state index in [-0.39, 0.29) is 12.2 Å². The minimum absolute atomic E-state index is 0.0795. The van der Waals surface area contributed by atoms with Crippen molar-refractivity contribution in [2.75, 3.05) is 7.11 Å².